The number of carbonyl (C=O) groups is 1. The molecule has 0 amide bonds. The molecule has 2 rings (SSSR count). The quantitative estimate of drug-likeness (QED) is 0.486. The fourth-order valence-corrected chi connectivity index (χ4v) is 1.90. The minimum Gasteiger partial charge on any atom is -0.465 e. The molecule has 6 heteroatoms. The van der Waals surface area contributed by atoms with Crippen molar-refractivity contribution in [1.82, 2.24) is 0 Å². The average molecular weight is 263 g/mol. The second-order valence-corrected chi connectivity index (χ2v) is 5.45. The Balaban J connectivity index is 2.22. The zero-order valence-electron chi connectivity index (χ0n) is 11.4. The zero-order chi connectivity index (χ0) is 14.0. The number of hydrogen-bond acceptors (Lipinski definition) is 5. The fourth-order valence-electron chi connectivity index (χ4n) is 1.90. The number of esters is 1. The third-order valence-corrected chi connectivity index (χ3v) is 3.01. The van der Waals surface area contributed by atoms with Crippen molar-refractivity contribution in [2.75, 3.05) is 26.1 Å². The second kappa shape index (κ2) is 5.23. The van der Waals surface area contributed by atoms with E-state index >= 15 is 0 Å². The average Bonchev–Trinajstić information content (AvgIpc) is 2.39. The largest absolute Gasteiger partial charge is 0.496 e. The lowest BCUT2D eigenvalue weighted by atomic mass is 9.74. The second-order valence-electron chi connectivity index (χ2n) is 5.45. The van der Waals surface area contributed by atoms with Crippen LogP contribution in [0.5, 0.6) is 0 Å². The lowest BCUT2D eigenvalue weighted by Crippen LogP contribution is -2.48. The zero-order valence-corrected chi connectivity index (χ0v) is 11.4. The molecule has 1 aromatic carbocycles. The van der Waals surface area contributed by atoms with Gasteiger partial charge in [-0.3, -0.25) is 0 Å². The van der Waals surface area contributed by atoms with Crippen LogP contribution in [0.4, 0.5) is 5.69 Å². The van der Waals surface area contributed by atoms with Crippen molar-refractivity contribution in [3.8, 4) is 0 Å². The molecule has 0 bridgehead atoms. The molecule has 2 N–H and O–H groups in total. The molecule has 1 aliphatic heterocycles. The fraction of sp³-hybridized carbons (Fsp3) is 0.462. The van der Waals surface area contributed by atoms with Crippen molar-refractivity contribution in [2.24, 2.45) is 5.41 Å². The lowest BCUT2D eigenvalue weighted by Gasteiger charge is -2.33. The van der Waals surface area contributed by atoms with Crippen molar-refractivity contribution >= 4 is 24.2 Å². The van der Waals surface area contributed by atoms with E-state index in [2.05, 4.69) is 13.8 Å². The Labute approximate surface area is 113 Å². The van der Waals surface area contributed by atoms with Gasteiger partial charge in [0.25, 0.3) is 0 Å². The molecule has 1 aromatic rings. The van der Waals surface area contributed by atoms with Crippen LogP contribution in [0.3, 0.4) is 0 Å². The van der Waals surface area contributed by atoms with Gasteiger partial charge in [0.15, 0.2) is 0 Å². The van der Waals surface area contributed by atoms with E-state index in [1.165, 1.54) is 7.11 Å². The number of anilines is 1. The summed E-state index contributed by atoms with van der Waals surface area (Å²) in [5, 5.41) is 0. The van der Waals surface area contributed by atoms with Gasteiger partial charge in [0, 0.05) is 29.8 Å². The summed E-state index contributed by atoms with van der Waals surface area (Å²) in [5.41, 5.74) is 7.55. The molecule has 1 fully saturated rings. The van der Waals surface area contributed by atoms with E-state index in [1.807, 2.05) is 0 Å². The first-order chi connectivity index (χ1) is 8.93. The Morgan fingerprint density at radius 1 is 1.37 bits per heavy atom. The van der Waals surface area contributed by atoms with Gasteiger partial charge in [-0.1, -0.05) is 13.8 Å². The third kappa shape index (κ3) is 3.08. The molecular formula is C13H18BNO4. The molecule has 0 saturated carbocycles. The normalized spacial score (nSPS) is 18.2. The minimum absolute atomic E-state index is 0.00871. The predicted molar refractivity (Wildman–Crippen MR) is 73.3 cm³/mol. The number of ether oxygens (including phenoxy) is 1. The maximum atomic E-state index is 11.5. The van der Waals surface area contributed by atoms with Gasteiger partial charge in [-0.25, -0.2) is 4.79 Å². The molecule has 102 valence electrons. The van der Waals surface area contributed by atoms with Crippen LogP contribution in [0, 0.1) is 5.41 Å². The molecule has 0 aromatic heterocycles. The van der Waals surface area contributed by atoms with Crippen LogP contribution in [0.2, 0.25) is 0 Å². The first-order valence-electron chi connectivity index (χ1n) is 6.14. The Bertz CT molecular complexity index is 480. The molecule has 0 unspecified atom stereocenters. The molecular weight excluding hydrogens is 245 g/mol. The summed E-state index contributed by atoms with van der Waals surface area (Å²) < 4.78 is 16.0. The molecule has 1 saturated heterocycles. The molecule has 1 heterocycles. The summed E-state index contributed by atoms with van der Waals surface area (Å²) >= 11 is 0. The molecule has 1 aliphatic rings. The number of carbonyl (C=O) groups excluding carboxylic acids is 1. The first-order valence-corrected chi connectivity index (χ1v) is 6.14. The highest BCUT2D eigenvalue weighted by atomic mass is 16.6. The Morgan fingerprint density at radius 3 is 2.58 bits per heavy atom. The number of rotatable bonds is 2. The van der Waals surface area contributed by atoms with Crippen LogP contribution in [0.15, 0.2) is 18.2 Å². The van der Waals surface area contributed by atoms with Crippen LogP contribution in [0.25, 0.3) is 0 Å². The molecule has 0 radical (unpaired) electrons. The number of nitrogen functional groups attached to an aromatic ring is 1. The minimum atomic E-state index is -0.530. The van der Waals surface area contributed by atoms with Gasteiger partial charge in [-0.05, 0) is 18.2 Å². The molecule has 0 spiro atoms. The van der Waals surface area contributed by atoms with Gasteiger partial charge >= 0.3 is 13.1 Å². The lowest BCUT2D eigenvalue weighted by molar-refractivity contribution is 0.0343. The van der Waals surface area contributed by atoms with E-state index in [4.69, 9.17) is 19.8 Å². The Morgan fingerprint density at radius 2 is 2.00 bits per heavy atom. The van der Waals surface area contributed by atoms with Gasteiger partial charge < -0.3 is 19.8 Å². The monoisotopic (exact) mass is 263 g/mol. The number of hydrogen-bond donors (Lipinski definition) is 1. The van der Waals surface area contributed by atoms with Gasteiger partial charge in [-0.15, -0.1) is 0 Å². The summed E-state index contributed by atoms with van der Waals surface area (Å²) in [4.78, 5) is 11.5. The maximum Gasteiger partial charge on any atom is 0.496 e. The number of benzene rings is 1. The van der Waals surface area contributed by atoms with Crippen LogP contribution in [-0.4, -0.2) is 33.4 Å². The summed E-state index contributed by atoms with van der Waals surface area (Å²) in [6, 6.07) is 4.94. The van der Waals surface area contributed by atoms with Gasteiger partial charge in [0.2, 0.25) is 0 Å². The molecule has 5 nitrogen and oxygen atoms in total. The van der Waals surface area contributed by atoms with E-state index < -0.39 is 13.1 Å². The van der Waals surface area contributed by atoms with Crippen molar-refractivity contribution in [1.29, 1.82) is 0 Å². The van der Waals surface area contributed by atoms with Gasteiger partial charge in [0.05, 0.1) is 12.7 Å². The van der Waals surface area contributed by atoms with Crippen molar-refractivity contribution in [3.05, 3.63) is 23.8 Å². The smallest absolute Gasteiger partial charge is 0.465 e. The van der Waals surface area contributed by atoms with Crippen molar-refractivity contribution in [3.63, 3.8) is 0 Å². The number of methoxy groups -OCH3 is 1. The summed E-state index contributed by atoms with van der Waals surface area (Å²) in [6.07, 6.45) is 0. The van der Waals surface area contributed by atoms with E-state index in [1.54, 1.807) is 18.2 Å². The topological polar surface area (TPSA) is 70.8 Å². The van der Waals surface area contributed by atoms with Crippen LogP contribution in [-0.2, 0) is 14.0 Å². The van der Waals surface area contributed by atoms with Crippen molar-refractivity contribution in [2.45, 2.75) is 13.8 Å². The third-order valence-electron chi connectivity index (χ3n) is 3.01. The predicted octanol–water partition coefficient (Wildman–Crippen LogP) is 0.824. The van der Waals surface area contributed by atoms with Crippen molar-refractivity contribution < 1.29 is 18.8 Å². The summed E-state index contributed by atoms with van der Waals surface area (Å²) in [6.45, 7) is 5.30. The highest BCUT2D eigenvalue weighted by molar-refractivity contribution is 6.63. The molecule has 0 atom stereocenters. The highest BCUT2D eigenvalue weighted by Gasteiger charge is 2.34. The maximum absolute atomic E-state index is 11.5. The van der Waals surface area contributed by atoms with E-state index in [0.29, 0.717) is 29.9 Å². The van der Waals surface area contributed by atoms with Gasteiger partial charge in [0.1, 0.15) is 0 Å². The molecule has 0 aliphatic carbocycles. The Hall–Kier alpha value is -1.53. The summed E-state index contributed by atoms with van der Waals surface area (Å²) in [5.74, 6) is -0.405. The van der Waals surface area contributed by atoms with Gasteiger partial charge in [-0.2, -0.15) is 0 Å². The SMILES string of the molecule is COC(=O)c1ccc(N)c(B2OCC(C)(C)CO2)c1. The van der Waals surface area contributed by atoms with E-state index in [-0.39, 0.29) is 5.41 Å². The Kier molecular flexibility index (Phi) is 3.82. The van der Waals surface area contributed by atoms with E-state index in [9.17, 15) is 4.79 Å². The van der Waals surface area contributed by atoms with Crippen LogP contribution >= 0.6 is 0 Å². The van der Waals surface area contributed by atoms with Crippen LogP contribution in [0.1, 0.15) is 24.2 Å². The molecule has 19 heavy (non-hydrogen) atoms. The van der Waals surface area contributed by atoms with Crippen LogP contribution < -0.4 is 11.2 Å². The first kappa shape index (κ1) is 13.9. The highest BCUT2D eigenvalue weighted by Crippen LogP contribution is 2.22. The van der Waals surface area contributed by atoms with E-state index in [0.717, 1.165) is 0 Å². The summed E-state index contributed by atoms with van der Waals surface area (Å²) in [7, 11) is 0.812. The number of nitrogens with two attached hydrogens (primary N) is 1. The standard InChI is InChI=1S/C13H18BNO4/c1-13(2)7-18-14(19-8-13)10-6-9(12(16)17-3)4-5-11(10)15/h4-6H,7-8,15H2,1-3H3.